The van der Waals surface area contributed by atoms with E-state index in [4.69, 9.17) is 4.74 Å². The van der Waals surface area contributed by atoms with Gasteiger partial charge in [-0.05, 0) is 45.1 Å². The Morgan fingerprint density at radius 1 is 1.44 bits per heavy atom. The molecule has 2 saturated heterocycles. The molecule has 0 bridgehead atoms. The van der Waals surface area contributed by atoms with E-state index < -0.39 is 0 Å². The van der Waals surface area contributed by atoms with Crippen LogP contribution in [-0.4, -0.2) is 37.2 Å². The molecule has 0 aromatic heterocycles. The molecule has 4 heteroatoms. The highest BCUT2D eigenvalue weighted by Crippen LogP contribution is 2.21. The number of nitrogens with one attached hydrogen (secondary N) is 2. The minimum absolute atomic E-state index is 0.0623. The fourth-order valence-electron chi connectivity index (χ4n) is 2.92. The molecule has 0 radical (unpaired) electrons. The van der Waals surface area contributed by atoms with Crippen LogP contribution in [0.15, 0.2) is 0 Å². The SMILES string of the molecule is CC1CCCNC1CC(=O)NC1(C)CCOCC1. The first-order chi connectivity index (χ1) is 8.59. The van der Waals surface area contributed by atoms with Crippen molar-refractivity contribution >= 4 is 5.91 Å². The number of hydrogen-bond donors (Lipinski definition) is 2. The molecule has 0 spiro atoms. The van der Waals surface area contributed by atoms with Crippen LogP contribution in [0.2, 0.25) is 0 Å². The molecule has 2 fully saturated rings. The van der Waals surface area contributed by atoms with Crippen LogP contribution in [-0.2, 0) is 9.53 Å². The second-order valence-corrected chi connectivity index (χ2v) is 6.11. The van der Waals surface area contributed by atoms with Crippen LogP contribution in [0.25, 0.3) is 0 Å². The van der Waals surface area contributed by atoms with Gasteiger partial charge in [-0.2, -0.15) is 0 Å². The van der Waals surface area contributed by atoms with Gasteiger partial charge in [0, 0.05) is 31.2 Å². The molecule has 2 heterocycles. The summed E-state index contributed by atoms with van der Waals surface area (Å²) < 4.78 is 5.35. The molecule has 2 rings (SSSR count). The molecule has 104 valence electrons. The summed E-state index contributed by atoms with van der Waals surface area (Å²) in [7, 11) is 0. The molecule has 0 aromatic rings. The van der Waals surface area contributed by atoms with Crippen molar-refractivity contribution < 1.29 is 9.53 Å². The summed E-state index contributed by atoms with van der Waals surface area (Å²) >= 11 is 0. The zero-order valence-corrected chi connectivity index (χ0v) is 11.6. The Hall–Kier alpha value is -0.610. The lowest BCUT2D eigenvalue weighted by atomic mass is 9.89. The van der Waals surface area contributed by atoms with E-state index in [0.717, 1.165) is 32.6 Å². The van der Waals surface area contributed by atoms with Gasteiger partial charge in [0.15, 0.2) is 0 Å². The van der Waals surface area contributed by atoms with Gasteiger partial charge in [0.1, 0.15) is 0 Å². The van der Waals surface area contributed by atoms with Gasteiger partial charge in [0.25, 0.3) is 0 Å². The molecule has 2 aliphatic rings. The summed E-state index contributed by atoms with van der Waals surface area (Å²) in [6.45, 7) is 6.93. The minimum Gasteiger partial charge on any atom is -0.381 e. The maximum atomic E-state index is 12.1. The Kier molecular flexibility index (Phi) is 4.62. The number of amides is 1. The average Bonchev–Trinajstić information content (AvgIpc) is 2.32. The van der Waals surface area contributed by atoms with E-state index in [1.165, 1.54) is 12.8 Å². The van der Waals surface area contributed by atoms with Crippen molar-refractivity contribution in [2.75, 3.05) is 19.8 Å². The molecule has 1 amide bonds. The molecule has 0 aromatic carbocycles. The summed E-state index contributed by atoms with van der Waals surface area (Å²) in [5.74, 6) is 0.789. The topological polar surface area (TPSA) is 50.4 Å². The highest BCUT2D eigenvalue weighted by atomic mass is 16.5. The molecular weight excluding hydrogens is 228 g/mol. The maximum Gasteiger partial charge on any atom is 0.221 e. The Labute approximate surface area is 110 Å². The average molecular weight is 254 g/mol. The van der Waals surface area contributed by atoms with E-state index in [1.54, 1.807) is 0 Å². The molecule has 0 aliphatic carbocycles. The van der Waals surface area contributed by atoms with Crippen molar-refractivity contribution in [3.05, 3.63) is 0 Å². The van der Waals surface area contributed by atoms with Gasteiger partial charge in [-0.3, -0.25) is 4.79 Å². The molecule has 0 saturated carbocycles. The molecule has 4 nitrogen and oxygen atoms in total. The van der Waals surface area contributed by atoms with Gasteiger partial charge in [-0.15, -0.1) is 0 Å². The van der Waals surface area contributed by atoms with Gasteiger partial charge >= 0.3 is 0 Å². The van der Waals surface area contributed by atoms with Crippen LogP contribution in [0.3, 0.4) is 0 Å². The summed E-state index contributed by atoms with van der Waals surface area (Å²) in [6.07, 6.45) is 4.92. The summed E-state index contributed by atoms with van der Waals surface area (Å²) in [5, 5.41) is 6.67. The molecule has 2 unspecified atom stereocenters. The van der Waals surface area contributed by atoms with Crippen LogP contribution < -0.4 is 10.6 Å². The smallest absolute Gasteiger partial charge is 0.221 e. The van der Waals surface area contributed by atoms with Crippen LogP contribution in [0.1, 0.15) is 46.0 Å². The van der Waals surface area contributed by atoms with E-state index >= 15 is 0 Å². The monoisotopic (exact) mass is 254 g/mol. The largest absolute Gasteiger partial charge is 0.381 e. The molecule has 2 atom stereocenters. The number of hydrogen-bond acceptors (Lipinski definition) is 3. The summed E-state index contributed by atoms with van der Waals surface area (Å²) in [5.41, 5.74) is -0.0623. The second-order valence-electron chi connectivity index (χ2n) is 6.11. The van der Waals surface area contributed by atoms with Crippen molar-refractivity contribution in [1.29, 1.82) is 0 Å². The normalized spacial score (nSPS) is 31.9. The third-order valence-electron chi connectivity index (χ3n) is 4.37. The van der Waals surface area contributed by atoms with Gasteiger partial charge in [0.05, 0.1) is 0 Å². The zero-order chi connectivity index (χ0) is 13.0. The number of carbonyl (C=O) groups is 1. The van der Waals surface area contributed by atoms with Crippen molar-refractivity contribution in [1.82, 2.24) is 10.6 Å². The highest BCUT2D eigenvalue weighted by molar-refractivity contribution is 5.77. The van der Waals surface area contributed by atoms with Crippen molar-refractivity contribution in [2.24, 2.45) is 5.92 Å². The first-order valence-electron chi connectivity index (χ1n) is 7.21. The minimum atomic E-state index is -0.0623. The third-order valence-corrected chi connectivity index (χ3v) is 4.37. The number of rotatable bonds is 3. The van der Waals surface area contributed by atoms with Crippen LogP contribution in [0, 0.1) is 5.92 Å². The van der Waals surface area contributed by atoms with E-state index in [1.807, 2.05) is 0 Å². The molecule has 2 aliphatic heterocycles. The fourth-order valence-corrected chi connectivity index (χ4v) is 2.92. The Balaban J connectivity index is 1.80. The lowest BCUT2D eigenvalue weighted by Gasteiger charge is -2.36. The molecular formula is C14H26N2O2. The van der Waals surface area contributed by atoms with Crippen molar-refractivity contribution in [3.63, 3.8) is 0 Å². The second kappa shape index (κ2) is 6.02. The summed E-state index contributed by atoms with van der Waals surface area (Å²) in [4.78, 5) is 12.1. The summed E-state index contributed by atoms with van der Waals surface area (Å²) in [6, 6.07) is 0.349. The van der Waals surface area contributed by atoms with E-state index in [-0.39, 0.29) is 11.4 Å². The number of carbonyl (C=O) groups excluding carboxylic acids is 1. The Bertz CT molecular complexity index is 288. The van der Waals surface area contributed by atoms with Gasteiger partial charge in [0.2, 0.25) is 5.91 Å². The van der Waals surface area contributed by atoms with E-state index in [9.17, 15) is 4.79 Å². The van der Waals surface area contributed by atoms with Gasteiger partial charge in [-0.25, -0.2) is 0 Å². The number of ether oxygens (including phenoxy) is 1. The Morgan fingerprint density at radius 2 is 2.17 bits per heavy atom. The van der Waals surface area contributed by atoms with E-state index in [2.05, 4.69) is 24.5 Å². The lowest BCUT2D eigenvalue weighted by Crippen LogP contribution is -2.52. The fraction of sp³-hybridized carbons (Fsp3) is 0.929. The zero-order valence-electron chi connectivity index (χ0n) is 11.6. The quantitative estimate of drug-likeness (QED) is 0.801. The maximum absolute atomic E-state index is 12.1. The van der Waals surface area contributed by atoms with Crippen molar-refractivity contribution in [2.45, 2.75) is 57.5 Å². The lowest BCUT2D eigenvalue weighted by molar-refractivity contribution is -0.124. The van der Waals surface area contributed by atoms with Crippen molar-refractivity contribution in [3.8, 4) is 0 Å². The first kappa shape index (κ1) is 13.8. The van der Waals surface area contributed by atoms with Gasteiger partial charge < -0.3 is 15.4 Å². The standard InChI is InChI=1S/C14H26N2O2/c1-11-4-3-7-15-12(11)10-13(17)16-14(2)5-8-18-9-6-14/h11-12,15H,3-10H2,1-2H3,(H,16,17). The highest BCUT2D eigenvalue weighted by Gasteiger charge is 2.30. The van der Waals surface area contributed by atoms with Crippen LogP contribution in [0.5, 0.6) is 0 Å². The number of piperidine rings is 1. The van der Waals surface area contributed by atoms with Gasteiger partial charge in [-0.1, -0.05) is 6.92 Å². The molecule has 18 heavy (non-hydrogen) atoms. The van der Waals surface area contributed by atoms with E-state index in [0.29, 0.717) is 18.4 Å². The predicted octanol–water partition coefficient (Wildman–Crippen LogP) is 1.45. The molecule has 2 N–H and O–H groups in total. The first-order valence-corrected chi connectivity index (χ1v) is 7.21. The third kappa shape index (κ3) is 3.69. The van der Waals surface area contributed by atoms with Crippen LogP contribution >= 0.6 is 0 Å². The Morgan fingerprint density at radius 3 is 2.83 bits per heavy atom. The predicted molar refractivity (Wildman–Crippen MR) is 71.4 cm³/mol. The van der Waals surface area contributed by atoms with Crippen LogP contribution in [0.4, 0.5) is 0 Å².